The standard InChI is InChI=1S/C12H26O5/c1-13-9-11(15-3)5-7-17-8-6-12(16-4)10-14-2/h11-12H,5-10H2,1-4H3. The highest BCUT2D eigenvalue weighted by molar-refractivity contribution is 4.57. The number of ether oxygens (including phenoxy) is 5. The van der Waals surface area contributed by atoms with Gasteiger partial charge >= 0.3 is 0 Å². The maximum Gasteiger partial charge on any atom is 0.0826 e. The molecule has 17 heavy (non-hydrogen) atoms. The van der Waals surface area contributed by atoms with Gasteiger partial charge in [-0.2, -0.15) is 0 Å². The van der Waals surface area contributed by atoms with Crippen LogP contribution < -0.4 is 0 Å². The molecule has 0 spiro atoms. The monoisotopic (exact) mass is 250 g/mol. The van der Waals surface area contributed by atoms with Gasteiger partial charge in [-0.25, -0.2) is 0 Å². The van der Waals surface area contributed by atoms with Gasteiger partial charge in [-0.1, -0.05) is 0 Å². The average molecular weight is 250 g/mol. The molecule has 0 aliphatic carbocycles. The van der Waals surface area contributed by atoms with E-state index >= 15 is 0 Å². The highest BCUT2D eigenvalue weighted by atomic mass is 16.5. The quantitative estimate of drug-likeness (QED) is 0.485. The van der Waals surface area contributed by atoms with Crippen molar-refractivity contribution in [3.63, 3.8) is 0 Å². The predicted octanol–water partition coefficient (Wildman–Crippen LogP) is 1.11. The minimum atomic E-state index is 0.109. The van der Waals surface area contributed by atoms with E-state index in [1.54, 1.807) is 28.4 Å². The molecule has 0 bridgehead atoms. The van der Waals surface area contributed by atoms with Crippen LogP contribution in [0, 0.1) is 0 Å². The van der Waals surface area contributed by atoms with Crippen molar-refractivity contribution in [2.45, 2.75) is 25.0 Å². The molecule has 0 fully saturated rings. The van der Waals surface area contributed by atoms with Crippen molar-refractivity contribution in [2.24, 2.45) is 0 Å². The van der Waals surface area contributed by atoms with Gasteiger partial charge in [-0.15, -0.1) is 0 Å². The molecule has 0 radical (unpaired) electrons. The Hall–Kier alpha value is -0.200. The topological polar surface area (TPSA) is 46.2 Å². The maximum absolute atomic E-state index is 5.52. The molecule has 0 aromatic heterocycles. The molecule has 0 aliphatic rings. The third kappa shape index (κ3) is 9.50. The van der Waals surface area contributed by atoms with E-state index < -0.39 is 0 Å². The van der Waals surface area contributed by atoms with Crippen LogP contribution in [0.4, 0.5) is 0 Å². The lowest BCUT2D eigenvalue weighted by molar-refractivity contribution is -0.0137. The first kappa shape index (κ1) is 16.8. The van der Waals surface area contributed by atoms with Gasteiger partial charge in [0.05, 0.1) is 25.4 Å². The molecule has 0 aromatic rings. The van der Waals surface area contributed by atoms with Crippen LogP contribution in [-0.4, -0.2) is 67.1 Å². The second-order valence-electron chi connectivity index (χ2n) is 3.82. The maximum atomic E-state index is 5.52. The van der Waals surface area contributed by atoms with Crippen LogP contribution in [0.5, 0.6) is 0 Å². The van der Waals surface area contributed by atoms with Gasteiger partial charge in [0.2, 0.25) is 0 Å². The van der Waals surface area contributed by atoms with Crippen molar-refractivity contribution in [3.8, 4) is 0 Å². The molecule has 0 heterocycles. The molecule has 0 N–H and O–H groups in total. The SMILES string of the molecule is COCC(CCOCCC(COC)OC)OC. The van der Waals surface area contributed by atoms with Crippen LogP contribution in [0.15, 0.2) is 0 Å². The Morgan fingerprint density at radius 2 is 1.12 bits per heavy atom. The molecule has 5 nitrogen and oxygen atoms in total. The molecule has 5 heteroatoms. The molecule has 104 valence electrons. The summed E-state index contributed by atoms with van der Waals surface area (Å²) in [5, 5.41) is 0. The van der Waals surface area contributed by atoms with Gasteiger partial charge in [0.25, 0.3) is 0 Å². The lowest BCUT2D eigenvalue weighted by Gasteiger charge is -2.16. The van der Waals surface area contributed by atoms with Crippen molar-refractivity contribution >= 4 is 0 Å². The minimum absolute atomic E-state index is 0.109. The van der Waals surface area contributed by atoms with E-state index in [-0.39, 0.29) is 12.2 Å². The van der Waals surface area contributed by atoms with Gasteiger partial charge in [0.15, 0.2) is 0 Å². The van der Waals surface area contributed by atoms with E-state index in [0.717, 1.165) is 12.8 Å². The number of hydrogen-bond acceptors (Lipinski definition) is 5. The van der Waals surface area contributed by atoms with Gasteiger partial charge < -0.3 is 23.7 Å². The van der Waals surface area contributed by atoms with Crippen molar-refractivity contribution in [1.29, 1.82) is 0 Å². The zero-order valence-electron chi connectivity index (χ0n) is 11.4. The Balaban J connectivity index is 3.43. The lowest BCUT2D eigenvalue weighted by Crippen LogP contribution is -2.22. The Morgan fingerprint density at radius 1 is 0.706 bits per heavy atom. The van der Waals surface area contributed by atoms with Gasteiger partial charge in [-0.05, 0) is 12.8 Å². The summed E-state index contributed by atoms with van der Waals surface area (Å²) in [4.78, 5) is 0. The predicted molar refractivity (Wildman–Crippen MR) is 65.4 cm³/mol. The number of hydrogen-bond donors (Lipinski definition) is 0. The average Bonchev–Trinajstić information content (AvgIpc) is 2.35. The minimum Gasteiger partial charge on any atom is -0.382 e. The summed E-state index contributed by atoms with van der Waals surface area (Å²) in [7, 11) is 6.70. The van der Waals surface area contributed by atoms with Gasteiger partial charge in [-0.3, -0.25) is 0 Å². The van der Waals surface area contributed by atoms with E-state index in [1.165, 1.54) is 0 Å². The third-order valence-electron chi connectivity index (χ3n) is 2.54. The van der Waals surface area contributed by atoms with Crippen LogP contribution in [0.3, 0.4) is 0 Å². The first-order chi connectivity index (χ1) is 8.28. The molecule has 0 amide bonds. The van der Waals surface area contributed by atoms with E-state index in [0.29, 0.717) is 26.4 Å². The molecule has 0 rings (SSSR count). The summed E-state index contributed by atoms with van der Waals surface area (Å²) in [5.41, 5.74) is 0. The fourth-order valence-electron chi connectivity index (χ4n) is 1.44. The molecule has 0 saturated heterocycles. The van der Waals surface area contributed by atoms with Crippen molar-refractivity contribution in [1.82, 2.24) is 0 Å². The first-order valence-electron chi connectivity index (χ1n) is 5.89. The molecule has 0 aliphatic heterocycles. The smallest absolute Gasteiger partial charge is 0.0826 e. The summed E-state index contributed by atoms with van der Waals surface area (Å²) in [5.74, 6) is 0. The van der Waals surface area contributed by atoms with Crippen molar-refractivity contribution in [3.05, 3.63) is 0 Å². The zero-order valence-corrected chi connectivity index (χ0v) is 11.4. The fourth-order valence-corrected chi connectivity index (χ4v) is 1.44. The highest BCUT2D eigenvalue weighted by Crippen LogP contribution is 2.01. The summed E-state index contributed by atoms with van der Waals surface area (Å²) in [6.07, 6.45) is 1.90. The Bertz CT molecular complexity index is 138. The lowest BCUT2D eigenvalue weighted by atomic mass is 10.2. The van der Waals surface area contributed by atoms with E-state index in [4.69, 9.17) is 23.7 Å². The number of rotatable bonds is 12. The molecule has 2 unspecified atom stereocenters. The van der Waals surface area contributed by atoms with Crippen molar-refractivity contribution in [2.75, 3.05) is 54.9 Å². The first-order valence-corrected chi connectivity index (χ1v) is 5.89. The van der Waals surface area contributed by atoms with Crippen LogP contribution in [0.1, 0.15) is 12.8 Å². The van der Waals surface area contributed by atoms with E-state index in [1.807, 2.05) is 0 Å². The molecular weight excluding hydrogens is 224 g/mol. The van der Waals surface area contributed by atoms with Crippen LogP contribution in [0.2, 0.25) is 0 Å². The van der Waals surface area contributed by atoms with Crippen LogP contribution >= 0.6 is 0 Å². The summed E-state index contributed by atoms with van der Waals surface area (Å²) >= 11 is 0. The second-order valence-corrected chi connectivity index (χ2v) is 3.82. The normalized spacial score (nSPS) is 14.8. The second kappa shape index (κ2) is 12.3. The van der Waals surface area contributed by atoms with Crippen LogP contribution in [0.25, 0.3) is 0 Å². The van der Waals surface area contributed by atoms with E-state index in [9.17, 15) is 0 Å². The van der Waals surface area contributed by atoms with Crippen LogP contribution in [-0.2, 0) is 23.7 Å². The van der Waals surface area contributed by atoms with Crippen molar-refractivity contribution < 1.29 is 23.7 Å². The molecule has 0 saturated carbocycles. The third-order valence-corrected chi connectivity index (χ3v) is 2.54. The summed E-state index contributed by atoms with van der Waals surface area (Å²) in [6, 6.07) is 0. The summed E-state index contributed by atoms with van der Waals surface area (Å²) < 4.78 is 26.0. The largest absolute Gasteiger partial charge is 0.382 e. The Labute approximate surface area is 104 Å². The zero-order chi connectivity index (χ0) is 12.9. The Morgan fingerprint density at radius 3 is 1.41 bits per heavy atom. The van der Waals surface area contributed by atoms with Gasteiger partial charge in [0, 0.05) is 41.7 Å². The fraction of sp³-hybridized carbons (Fsp3) is 1.00. The molecule has 0 aromatic carbocycles. The number of methoxy groups -OCH3 is 4. The van der Waals surface area contributed by atoms with E-state index in [2.05, 4.69) is 0 Å². The molecule has 2 atom stereocenters. The highest BCUT2D eigenvalue weighted by Gasteiger charge is 2.08. The summed E-state index contributed by atoms with van der Waals surface area (Å²) in [6.45, 7) is 2.55. The van der Waals surface area contributed by atoms with Gasteiger partial charge in [0.1, 0.15) is 0 Å². The Kier molecular flexibility index (Phi) is 12.1. The molecular formula is C12H26O5.